The second-order valence-electron chi connectivity index (χ2n) is 8.79. The number of hydrogen-bond donors (Lipinski definition) is 0. The van der Waals surface area contributed by atoms with Crippen molar-refractivity contribution in [1.82, 2.24) is 0 Å². The maximum Gasteiger partial charge on any atom is 2.00 e. The maximum absolute atomic E-state index is 9.75. The fraction of sp³-hybridized carbons (Fsp3) is 0.188. The average Bonchev–Trinajstić information content (AvgIpc) is 3.00. The van der Waals surface area contributed by atoms with Gasteiger partial charge in [0, 0.05) is 13.8 Å². The number of benzene rings is 4. The van der Waals surface area contributed by atoms with Crippen molar-refractivity contribution in [2.75, 3.05) is 12.3 Å². The van der Waals surface area contributed by atoms with Crippen LogP contribution in [0, 0.1) is 22.7 Å². The number of halogens is 8. The Labute approximate surface area is 288 Å². The number of unbranched alkanes of at least 4 members (excludes halogenated alkanes) is 1. The molecule has 0 bridgehead atoms. The van der Waals surface area contributed by atoms with E-state index in [9.17, 15) is 34.5 Å². The summed E-state index contributed by atoms with van der Waals surface area (Å²) in [4.78, 5) is 0. The first-order chi connectivity index (χ1) is 21.7. The Morgan fingerprint density at radius 1 is 0.447 bits per heavy atom. The first-order valence-electron chi connectivity index (χ1n) is 13.9. The van der Waals surface area contributed by atoms with Gasteiger partial charge in [0.2, 0.25) is 0 Å². The zero-order valence-corrected chi connectivity index (χ0v) is 29.0. The van der Waals surface area contributed by atoms with Crippen LogP contribution in [0.15, 0.2) is 121 Å². The monoisotopic (exact) mass is 788 g/mol. The number of rotatable bonds is 9. The molecule has 0 aliphatic rings. The molecular formula is C32H34B2F8N2P2Pd. The van der Waals surface area contributed by atoms with E-state index in [-0.39, 0.29) is 36.3 Å². The third-order valence-electron chi connectivity index (χ3n) is 5.28. The van der Waals surface area contributed by atoms with Gasteiger partial charge in [-0.25, -0.2) is 0 Å². The van der Waals surface area contributed by atoms with Crippen molar-refractivity contribution in [1.29, 1.82) is 10.5 Å². The van der Waals surface area contributed by atoms with Gasteiger partial charge in [0.05, 0.1) is 12.1 Å². The summed E-state index contributed by atoms with van der Waals surface area (Å²) in [6, 6.07) is 47.8. The Morgan fingerprint density at radius 2 is 0.596 bits per heavy atom. The molecule has 0 N–H and O–H groups in total. The molecule has 0 unspecified atom stereocenters. The fourth-order valence-electron chi connectivity index (χ4n) is 3.79. The van der Waals surface area contributed by atoms with E-state index in [1.54, 1.807) is 12.1 Å². The standard InChI is InChI=1S/C28H28P2.2C2H3N.2BF4.Pd/c1-5-15-25(16-6-1)29(26-17-7-2-8-18-26)23-13-14-24-30(27-19-9-3-10-20-27)28-21-11-4-12-22-28;2*1-2-3;2*2-1(3,4)5;/h1-12,15-22H,13-14,23-24H2;2*1H3;;;/q;;;2*-1;+2. The molecule has 0 saturated heterocycles. The molecule has 4 aromatic rings. The van der Waals surface area contributed by atoms with Gasteiger partial charge in [-0.3, -0.25) is 0 Å². The van der Waals surface area contributed by atoms with Gasteiger partial charge in [-0.15, -0.1) is 0 Å². The quantitative estimate of drug-likeness (QED) is 0.0735. The summed E-state index contributed by atoms with van der Waals surface area (Å²) >= 11 is 0. The molecule has 0 aliphatic heterocycles. The van der Waals surface area contributed by atoms with Crippen LogP contribution in [0.5, 0.6) is 0 Å². The van der Waals surface area contributed by atoms with Crippen molar-refractivity contribution in [3.8, 4) is 12.1 Å². The van der Waals surface area contributed by atoms with Gasteiger partial charge in [-0.05, 0) is 62.2 Å². The van der Waals surface area contributed by atoms with Crippen LogP contribution in [-0.2, 0) is 20.4 Å². The minimum absolute atomic E-state index is 0. The van der Waals surface area contributed by atoms with Gasteiger partial charge >= 0.3 is 34.9 Å². The molecule has 4 aromatic carbocycles. The fourth-order valence-corrected chi connectivity index (χ4v) is 8.62. The van der Waals surface area contributed by atoms with Gasteiger partial charge in [0.25, 0.3) is 0 Å². The van der Waals surface area contributed by atoms with E-state index in [1.165, 1.54) is 60.2 Å². The van der Waals surface area contributed by atoms with E-state index < -0.39 is 14.5 Å². The van der Waals surface area contributed by atoms with Crippen molar-refractivity contribution in [3.63, 3.8) is 0 Å². The maximum atomic E-state index is 9.75. The third kappa shape index (κ3) is 26.7. The van der Waals surface area contributed by atoms with Crippen LogP contribution in [0.4, 0.5) is 34.5 Å². The summed E-state index contributed by atoms with van der Waals surface area (Å²) in [6.07, 6.45) is 5.06. The Bertz CT molecular complexity index is 1190. The van der Waals surface area contributed by atoms with Crippen LogP contribution in [-0.4, -0.2) is 26.8 Å². The first kappa shape index (κ1) is 46.1. The second-order valence-corrected chi connectivity index (χ2v) is 13.5. The van der Waals surface area contributed by atoms with Crippen molar-refractivity contribution in [2.45, 2.75) is 26.7 Å². The van der Waals surface area contributed by atoms with E-state index >= 15 is 0 Å². The van der Waals surface area contributed by atoms with E-state index in [1.807, 2.05) is 0 Å². The molecule has 0 heterocycles. The van der Waals surface area contributed by atoms with Crippen LogP contribution >= 0.6 is 15.8 Å². The molecule has 0 fully saturated rings. The van der Waals surface area contributed by atoms with E-state index in [0.29, 0.717) is 0 Å². The van der Waals surface area contributed by atoms with Gasteiger partial charge in [-0.1, -0.05) is 121 Å². The van der Waals surface area contributed by atoms with Gasteiger partial charge < -0.3 is 34.5 Å². The molecule has 0 spiro atoms. The molecule has 254 valence electrons. The number of nitriles is 2. The molecule has 0 aliphatic carbocycles. The average molecular weight is 789 g/mol. The minimum atomic E-state index is -6.00. The molecule has 15 heteroatoms. The summed E-state index contributed by atoms with van der Waals surface area (Å²) in [7, 11) is -12.6. The summed E-state index contributed by atoms with van der Waals surface area (Å²) in [6.45, 7) is 2.86. The van der Waals surface area contributed by atoms with Gasteiger partial charge in [0.15, 0.2) is 0 Å². The SMILES string of the molecule is CC#N.CC#N.F[B-](F)(F)F.F[B-](F)(F)F.[Pd+2].c1ccc(P(CCCCP(c2ccccc2)c2ccccc2)c2ccccc2)cc1. The zero-order chi connectivity index (χ0) is 34.8. The first-order valence-corrected chi connectivity index (χ1v) is 16.9. The molecule has 0 aromatic heterocycles. The van der Waals surface area contributed by atoms with Crippen molar-refractivity contribution < 1.29 is 54.9 Å². The molecule has 0 amide bonds. The Morgan fingerprint density at radius 3 is 0.745 bits per heavy atom. The molecule has 0 radical (unpaired) electrons. The molecule has 0 atom stereocenters. The van der Waals surface area contributed by atoms with Crippen LogP contribution in [0.2, 0.25) is 0 Å². The van der Waals surface area contributed by atoms with E-state index in [4.69, 9.17) is 10.5 Å². The van der Waals surface area contributed by atoms with E-state index in [0.717, 1.165) is 0 Å². The van der Waals surface area contributed by atoms with Crippen LogP contribution < -0.4 is 21.2 Å². The molecule has 0 saturated carbocycles. The summed E-state index contributed by atoms with van der Waals surface area (Å²) in [5.74, 6) is 0. The predicted octanol–water partition coefficient (Wildman–Crippen LogP) is 9.69. The molecule has 4 rings (SSSR count). The Balaban J connectivity index is 0. The summed E-state index contributed by atoms with van der Waals surface area (Å²) < 4.78 is 78.0. The number of nitrogens with zero attached hydrogens (tertiary/aromatic N) is 2. The van der Waals surface area contributed by atoms with Gasteiger partial charge in [-0.2, -0.15) is 10.5 Å². The van der Waals surface area contributed by atoms with Crippen LogP contribution in [0.1, 0.15) is 26.7 Å². The third-order valence-corrected chi connectivity index (χ3v) is 10.5. The molecular weight excluding hydrogens is 754 g/mol. The Hall–Kier alpha value is -3.05. The molecule has 47 heavy (non-hydrogen) atoms. The topological polar surface area (TPSA) is 47.6 Å². The Kier molecular flexibility index (Phi) is 26.4. The largest absolute Gasteiger partial charge is 2.00 e. The zero-order valence-electron chi connectivity index (χ0n) is 25.7. The van der Waals surface area contributed by atoms with Gasteiger partial charge in [0.1, 0.15) is 0 Å². The van der Waals surface area contributed by atoms with Crippen molar-refractivity contribution in [3.05, 3.63) is 121 Å². The van der Waals surface area contributed by atoms with Crippen LogP contribution in [0.25, 0.3) is 0 Å². The normalized spacial score (nSPS) is 10.0. The predicted molar refractivity (Wildman–Crippen MR) is 180 cm³/mol. The number of hydrogen-bond acceptors (Lipinski definition) is 2. The summed E-state index contributed by atoms with van der Waals surface area (Å²) in [5, 5.41) is 20.6. The minimum Gasteiger partial charge on any atom is -0.418 e. The molecule has 2 nitrogen and oxygen atoms in total. The van der Waals surface area contributed by atoms with Crippen molar-refractivity contribution in [2.24, 2.45) is 0 Å². The van der Waals surface area contributed by atoms with Crippen LogP contribution in [0.3, 0.4) is 0 Å². The van der Waals surface area contributed by atoms with Crippen molar-refractivity contribution >= 4 is 51.6 Å². The second kappa shape index (κ2) is 27.0. The summed E-state index contributed by atoms with van der Waals surface area (Å²) in [5.41, 5.74) is 0. The smallest absolute Gasteiger partial charge is 0.418 e. The van der Waals surface area contributed by atoms with E-state index in [2.05, 4.69) is 121 Å².